The number of aliphatic hydroxyl groups is 1. The molecule has 8 atom stereocenters. The van der Waals surface area contributed by atoms with Gasteiger partial charge < -0.3 is 20.3 Å². The van der Waals surface area contributed by atoms with Gasteiger partial charge in [0.25, 0.3) is 0 Å². The first kappa shape index (κ1) is 29.5. The van der Waals surface area contributed by atoms with Crippen LogP contribution in [0.1, 0.15) is 57.7 Å². The van der Waals surface area contributed by atoms with E-state index in [4.69, 9.17) is 15.2 Å². The van der Waals surface area contributed by atoms with Crippen LogP contribution >= 0.6 is 11.8 Å². The van der Waals surface area contributed by atoms with E-state index in [1.54, 1.807) is 12.1 Å². The highest BCUT2D eigenvalue weighted by Crippen LogP contribution is 2.70. The van der Waals surface area contributed by atoms with Gasteiger partial charge in [-0.25, -0.2) is 13.9 Å². The van der Waals surface area contributed by atoms with Gasteiger partial charge in [0, 0.05) is 24.3 Å². The van der Waals surface area contributed by atoms with Crippen LogP contribution in [0.15, 0.2) is 36.0 Å². The number of carbonyl (C=O) groups is 2. The quantitative estimate of drug-likeness (QED) is 0.369. The molecule has 0 aliphatic heterocycles. The summed E-state index contributed by atoms with van der Waals surface area (Å²) in [4.78, 5) is 26.7. The average Bonchev–Trinajstić information content (AvgIpc) is 3.43. The van der Waals surface area contributed by atoms with Crippen LogP contribution < -0.4 is 5.73 Å². The minimum atomic E-state index is -1.39. The topological polar surface area (TPSA) is 117 Å². The van der Waals surface area contributed by atoms with E-state index < -0.39 is 23.1 Å². The third-order valence-electron chi connectivity index (χ3n) is 11.1. The maximum Gasteiger partial charge on any atom is 0.333 e. The zero-order valence-corrected chi connectivity index (χ0v) is 25.5. The molecule has 4 aliphatic carbocycles. The first-order valence-electron chi connectivity index (χ1n) is 14.8. The number of benzene rings is 1. The number of rotatable bonds is 6. The number of thioether (sulfide) groups is 1. The molecular formula is C32H40FN3O5S. The Morgan fingerprint density at radius 3 is 2.69 bits per heavy atom. The van der Waals surface area contributed by atoms with Gasteiger partial charge in [-0.15, -0.1) is 0 Å². The molecule has 10 heteroatoms. The SMILES string of the molecule is COCC(=O)O[C@]1(C(=O)SCN)[C@H](C)CC2[C@@H]3CCC4=Cc5c(cnn5-c5ccc(F)cc5)C[C@]4(C)C3[C@@H](O)C[C@@]21C. The van der Waals surface area contributed by atoms with Gasteiger partial charge in [-0.2, -0.15) is 5.10 Å². The molecule has 1 aromatic carbocycles. The van der Waals surface area contributed by atoms with Crippen LogP contribution in [-0.2, 0) is 25.5 Å². The summed E-state index contributed by atoms with van der Waals surface area (Å²) in [5, 5.41) is 16.5. The fraction of sp³-hybridized carbons (Fsp3) is 0.594. The number of allylic oxidation sites excluding steroid dienone is 1. The number of aliphatic hydroxyl groups excluding tert-OH is 1. The molecule has 3 fully saturated rings. The Morgan fingerprint density at radius 1 is 1.26 bits per heavy atom. The van der Waals surface area contributed by atoms with Crippen molar-refractivity contribution in [3.63, 3.8) is 0 Å². The molecule has 42 heavy (non-hydrogen) atoms. The Hall–Kier alpha value is -2.53. The fourth-order valence-corrected chi connectivity index (χ4v) is 10.3. The number of ether oxygens (including phenoxy) is 2. The number of esters is 1. The summed E-state index contributed by atoms with van der Waals surface area (Å²) in [5.74, 6) is -0.798. The molecule has 1 heterocycles. The van der Waals surface area contributed by atoms with Crippen molar-refractivity contribution in [2.45, 2.75) is 64.6 Å². The second-order valence-corrected chi connectivity index (χ2v) is 14.1. The van der Waals surface area contributed by atoms with Crippen LogP contribution in [0.3, 0.4) is 0 Å². The monoisotopic (exact) mass is 597 g/mol. The van der Waals surface area contributed by atoms with E-state index >= 15 is 0 Å². The Morgan fingerprint density at radius 2 is 2.00 bits per heavy atom. The molecule has 3 N–H and O–H groups in total. The standard InChI is InChI=1S/C32H40FN3O5S/c1-18-11-24-23-10-5-20-12-25-19(15-35-36(25)22-8-6-21(33)7-9-22)13-30(20,2)28(23)26(37)14-31(24,3)32(18,29(39)42-17-34)41-27(38)16-40-4/h6-9,12,15,18,23-24,26,28,37H,5,10-11,13-14,16-17,34H2,1-4H3/t18-,23+,24?,26+,28?,30+,31+,32+/m1/s1. The van der Waals surface area contributed by atoms with Crippen molar-refractivity contribution in [2.24, 2.45) is 40.2 Å². The number of nitrogens with zero attached hydrogens (tertiary/aromatic N) is 2. The Bertz CT molecular complexity index is 1430. The third-order valence-corrected chi connectivity index (χ3v) is 11.8. The van der Waals surface area contributed by atoms with Crippen molar-refractivity contribution < 1.29 is 28.6 Å². The van der Waals surface area contributed by atoms with Crippen molar-refractivity contribution in [2.75, 3.05) is 19.6 Å². The number of fused-ring (bicyclic) bond motifs is 6. The first-order valence-corrected chi connectivity index (χ1v) is 15.8. The van der Waals surface area contributed by atoms with E-state index in [1.807, 2.05) is 24.7 Å². The van der Waals surface area contributed by atoms with Gasteiger partial charge in [0.05, 0.1) is 23.7 Å². The van der Waals surface area contributed by atoms with Crippen molar-refractivity contribution in [1.29, 1.82) is 0 Å². The van der Waals surface area contributed by atoms with E-state index in [1.165, 1.54) is 24.8 Å². The largest absolute Gasteiger partial charge is 0.447 e. The lowest BCUT2D eigenvalue weighted by Crippen LogP contribution is -2.63. The van der Waals surface area contributed by atoms with Crippen LogP contribution in [0.2, 0.25) is 0 Å². The molecule has 2 aromatic rings. The average molecular weight is 598 g/mol. The molecule has 6 rings (SSSR count). The van der Waals surface area contributed by atoms with Crippen LogP contribution in [0.25, 0.3) is 11.8 Å². The molecule has 0 amide bonds. The molecule has 1 aromatic heterocycles. The van der Waals surface area contributed by atoms with Gasteiger partial charge >= 0.3 is 5.97 Å². The lowest BCUT2D eigenvalue weighted by Gasteiger charge is -2.60. The summed E-state index contributed by atoms with van der Waals surface area (Å²) in [6.07, 6.45) is 6.97. The van der Waals surface area contributed by atoms with Crippen molar-refractivity contribution in [3.05, 3.63) is 53.1 Å². The van der Waals surface area contributed by atoms with Crippen LogP contribution in [0, 0.1) is 40.3 Å². The summed E-state index contributed by atoms with van der Waals surface area (Å²) in [6.45, 7) is 6.05. The molecule has 3 saturated carbocycles. The number of aromatic nitrogens is 2. The molecule has 8 nitrogen and oxygen atoms in total. The van der Waals surface area contributed by atoms with Crippen molar-refractivity contribution in [3.8, 4) is 5.69 Å². The number of halogens is 1. The molecular weight excluding hydrogens is 557 g/mol. The van der Waals surface area contributed by atoms with Crippen molar-refractivity contribution in [1.82, 2.24) is 9.78 Å². The predicted molar refractivity (Wildman–Crippen MR) is 158 cm³/mol. The van der Waals surface area contributed by atoms with Crippen LogP contribution in [0.5, 0.6) is 0 Å². The van der Waals surface area contributed by atoms with Gasteiger partial charge in [-0.1, -0.05) is 38.1 Å². The minimum absolute atomic E-state index is 0.0205. The summed E-state index contributed by atoms with van der Waals surface area (Å²) in [6, 6.07) is 6.34. The Kier molecular flexibility index (Phi) is 7.44. The Balaban J connectivity index is 1.37. The lowest BCUT2D eigenvalue weighted by atomic mass is 9.45. The molecule has 4 aliphatic rings. The smallest absolute Gasteiger partial charge is 0.333 e. The van der Waals surface area contributed by atoms with Gasteiger partial charge in [0.2, 0.25) is 5.12 Å². The number of carbonyl (C=O) groups excluding carboxylic acids is 2. The number of hydrogen-bond acceptors (Lipinski definition) is 8. The summed E-state index contributed by atoms with van der Waals surface area (Å²) < 4.78 is 26.6. The van der Waals surface area contributed by atoms with Gasteiger partial charge in [0.1, 0.15) is 12.4 Å². The van der Waals surface area contributed by atoms with Gasteiger partial charge in [-0.3, -0.25) is 4.79 Å². The van der Waals surface area contributed by atoms with Crippen molar-refractivity contribution >= 4 is 28.9 Å². The highest BCUT2D eigenvalue weighted by Gasteiger charge is 2.73. The van der Waals surface area contributed by atoms with Crippen LogP contribution in [0.4, 0.5) is 4.39 Å². The number of methoxy groups -OCH3 is 1. The fourth-order valence-electron chi connectivity index (χ4n) is 9.49. The third kappa shape index (κ3) is 4.16. The predicted octanol–water partition coefficient (Wildman–Crippen LogP) is 4.51. The molecule has 0 bridgehead atoms. The minimum Gasteiger partial charge on any atom is -0.447 e. The van der Waals surface area contributed by atoms with E-state index in [9.17, 15) is 19.1 Å². The van der Waals surface area contributed by atoms with E-state index in [2.05, 4.69) is 18.1 Å². The first-order chi connectivity index (χ1) is 20.0. The molecule has 0 radical (unpaired) electrons. The van der Waals surface area contributed by atoms with Gasteiger partial charge in [-0.05, 0) is 91.2 Å². The highest BCUT2D eigenvalue weighted by molar-refractivity contribution is 8.13. The van der Waals surface area contributed by atoms with E-state index in [0.717, 1.165) is 54.4 Å². The number of nitrogens with two attached hydrogens (primary N) is 1. The summed E-state index contributed by atoms with van der Waals surface area (Å²) in [7, 11) is 1.43. The molecule has 0 spiro atoms. The lowest BCUT2D eigenvalue weighted by molar-refractivity contribution is -0.203. The maximum atomic E-state index is 13.9. The summed E-state index contributed by atoms with van der Waals surface area (Å²) >= 11 is 0.987. The second kappa shape index (κ2) is 10.6. The zero-order chi connectivity index (χ0) is 30.0. The maximum absolute atomic E-state index is 13.9. The van der Waals surface area contributed by atoms with E-state index in [-0.39, 0.29) is 52.5 Å². The van der Waals surface area contributed by atoms with E-state index in [0.29, 0.717) is 6.42 Å². The highest BCUT2D eigenvalue weighted by atomic mass is 32.2. The van der Waals surface area contributed by atoms with Crippen LogP contribution in [-0.4, -0.2) is 57.3 Å². The summed E-state index contributed by atoms with van der Waals surface area (Å²) in [5.41, 5.74) is 7.58. The number of hydrogen-bond donors (Lipinski definition) is 2. The normalized spacial score (nSPS) is 36.7. The molecule has 2 unspecified atom stereocenters. The zero-order valence-electron chi connectivity index (χ0n) is 24.6. The van der Waals surface area contributed by atoms with Gasteiger partial charge in [0.15, 0.2) is 5.60 Å². The molecule has 226 valence electrons. The molecule has 0 saturated heterocycles. The Labute approximate surface area is 250 Å². The second-order valence-electron chi connectivity index (χ2n) is 13.1.